The molecule has 7 nitrogen and oxygen atoms in total. The van der Waals surface area contributed by atoms with Crippen molar-refractivity contribution in [2.45, 2.75) is 20.8 Å². The number of ether oxygens (including phenoxy) is 2. The molecule has 0 amide bonds. The minimum atomic E-state index is -1.36. The maximum atomic E-state index is 11.8. The fourth-order valence-electron chi connectivity index (χ4n) is 1.42. The molecule has 0 aliphatic carbocycles. The number of aryl methyl sites for hydroxylation is 1. The molecule has 0 spiro atoms. The minimum Gasteiger partial charge on any atom is -0.478 e. The summed E-state index contributed by atoms with van der Waals surface area (Å²) in [6.07, 6.45) is 1.02. The van der Waals surface area contributed by atoms with E-state index < -0.39 is 17.9 Å². The Morgan fingerprint density at radius 3 is 2.47 bits per heavy atom. The fourth-order valence-corrected chi connectivity index (χ4v) is 1.42. The van der Waals surface area contributed by atoms with E-state index in [0.717, 1.165) is 13.1 Å². The molecule has 0 unspecified atom stereocenters. The molecule has 1 rings (SSSR count). The van der Waals surface area contributed by atoms with Crippen molar-refractivity contribution in [3.05, 3.63) is 23.0 Å². The van der Waals surface area contributed by atoms with Crippen molar-refractivity contribution in [1.29, 1.82) is 0 Å². The molecule has 102 valence electrons. The molecule has 0 aliphatic heterocycles. The topological polar surface area (TPSA) is 103 Å². The van der Waals surface area contributed by atoms with Gasteiger partial charge in [-0.3, -0.25) is 9.78 Å². The van der Waals surface area contributed by atoms with Gasteiger partial charge < -0.3 is 14.6 Å². The number of nitrogens with zero attached hydrogens (tertiary/aromatic N) is 1. The van der Waals surface area contributed by atoms with Gasteiger partial charge in [-0.05, 0) is 13.8 Å². The van der Waals surface area contributed by atoms with Crippen molar-refractivity contribution >= 4 is 17.9 Å². The largest absolute Gasteiger partial charge is 0.478 e. The van der Waals surface area contributed by atoms with Gasteiger partial charge in [0.1, 0.15) is 5.56 Å². The van der Waals surface area contributed by atoms with Crippen LogP contribution in [0.5, 0.6) is 5.75 Å². The summed E-state index contributed by atoms with van der Waals surface area (Å²) in [5.74, 6) is -3.10. The summed E-state index contributed by atoms with van der Waals surface area (Å²) < 4.78 is 9.64. The zero-order valence-electron chi connectivity index (χ0n) is 10.7. The Kier molecular flexibility index (Phi) is 4.57. The van der Waals surface area contributed by atoms with Crippen LogP contribution in [0.4, 0.5) is 0 Å². The van der Waals surface area contributed by atoms with E-state index in [1.54, 1.807) is 6.92 Å². The van der Waals surface area contributed by atoms with Gasteiger partial charge in [0.05, 0.1) is 17.9 Å². The van der Waals surface area contributed by atoms with Crippen LogP contribution in [0, 0.1) is 6.92 Å². The monoisotopic (exact) mass is 267 g/mol. The van der Waals surface area contributed by atoms with E-state index in [4.69, 9.17) is 14.6 Å². The minimum absolute atomic E-state index is 0.0682. The zero-order chi connectivity index (χ0) is 14.6. The van der Waals surface area contributed by atoms with Gasteiger partial charge in [-0.2, -0.15) is 0 Å². The third-order valence-corrected chi connectivity index (χ3v) is 2.17. The summed E-state index contributed by atoms with van der Waals surface area (Å²) in [6, 6.07) is 0. The van der Waals surface area contributed by atoms with Crippen LogP contribution >= 0.6 is 0 Å². The number of hydrogen-bond donors (Lipinski definition) is 1. The molecule has 0 aliphatic rings. The number of carboxylic acid groups (broad SMARTS) is 1. The van der Waals surface area contributed by atoms with E-state index in [1.165, 1.54) is 6.92 Å². The first-order valence-electron chi connectivity index (χ1n) is 5.46. The molecular formula is C12H13NO6. The van der Waals surface area contributed by atoms with Gasteiger partial charge >= 0.3 is 17.9 Å². The molecule has 1 N–H and O–H groups in total. The van der Waals surface area contributed by atoms with Crippen LogP contribution in [0.15, 0.2) is 6.20 Å². The molecule has 0 bridgehead atoms. The number of aromatic nitrogens is 1. The second-order valence-corrected chi connectivity index (χ2v) is 3.58. The zero-order valence-corrected chi connectivity index (χ0v) is 10.7. The Labute approximate surface area is 109 Å². The SMILES string of the molecule is CCOC(=O)c1c(C(=O)O)cnc(C)c1OC(C)=O. The summed E-state index contributed by atoms with van der Waals surface area (Å²) in [5, 5.41) is 9.04. The van der Waals surface area contributed by atoms with Gasteiger partial charge in [0.25, 0.3) is 0 Å². The van der Waals surface area contributed by atoms with Crippen molar-refractivity contribution in [1.82, 2.24) is 4.98 Å². The Morgan fingerprint density at radius 1 is 1.37 bits per heavy atom. The van der Waals surface area contributed by atoms with Crippen molar-refractivity contribution in [3.8, 4) is 5.75 Å². The number of carbonyl (C=O) groups excluding carboxylic acids is 2. The Bertz CT molecular complexity index is 537. The number of pyridine rings is 1. The average molecular weight is 267 g/mol. The fraction of sp³-hybridized carbons (Fsp3) is 0.333. The highest BCUT2D eigenvalue weighted by Gasteiger charge is 2.26. The summed E-state index contributed by atoms with van der Waals surface area (Å²) in [5.41, 5.74) is -0.458. The van der Waals surface area contributed by atoms with E-state index >= 15 is 0 Å². The number of carbonyl (C=O) groups is 3. The highest BCUT2D eigenvalue weighted by Crippen LogP contribution is 2.26. The quantitative estimate of drug-likeness (QED) is 0.817. The Morgan fingerprint density at radius 2 is 2.00 bits per heavy atom. The summed E-state index contributed by atoms with van der Waals surface area (Å²) in [6.45, 7) is 4.28. The standard InChI is InChI=1S/C12H13NO6/c1-4-18-12(17)9-8(11(15)16)5-13-6(2)10(9)19-7(3)14/h5H,4H2,1-3H3,(H,15,16). The lowest BCUT2D eigenvalue weighted by molar-refractivity contribution is -0.132. The van der Waals surface area contributed by atoms with Crippen LogP contribution in [-0.4, -0.2) is 34.6 Å². The highest BCUT2D eigenvalue weighted by atomic mass is 16.5. The predicted octanol–water partition coefficient (Wildman–Crippen LogP) is 1.19. The van der Waals surface area contributed by atoms with E-state index in [9.17, 15) is 14.4 Å². The maximum Gasteiger partial charge on any atom is 0.342 e. The Balaban J connectivity index is 3.49. The van der Waals surface area contributed by atoms with E-state index in [1.807, 2.05) is 0 Å². The van der Waals surface area contributed by atoms with E-state index in [2.05, 4.69) is 4.98 Å². The maximum absolute atomic E-state index is 11.8. The summed E-state index contributed by atoms with van der Waals surface area (Å²) in [4.78, 5) is 37.7. The average Bonchev–Trinajstić information content (AvgIpc) is 2.30. The molecule has 1 aromatic heterocycles. The van der Waals surface area contributed by atoms with Crippen molar-refractivity contribution in [2.75, 3.05) is 6.61 Å². The lowest BCUT2D eigenvalue weighted by Gasteiger charge is -2.12. The highest BCUT2D eigenvalue weighted by molar-refractivity contribution is 6.04. The van der Waals surface area contributed by atoms with Gasteiger partial charge in [-0.15, -0.1) is 0 Å². The van der Waals surface area contributed by atoms with Crippen LogP contribution in [0.2, 0.25) is 0 Å². The predicted molar refractivity (Wildman–Crippen MR) is 63.2 cm³/mol. The van der Waals surface area contributed by atoms with Crippen molar-refractivity contribution in [2.24, 2.45) is 0 Å². The lowest BCUT2D eigenvalue weighted by atomic mass is 10.1. The molecule has 0 atom stereocenters. The number of rotatable bonds is 4. The van der Waals surface area contributed by atoms with Crippen LogP contribution in [0.1, 0.15) is 40.3 Å². The van der Waals surface area contributed by atoms with Gasteiger partial charge in [0, 0.05) is 13.1 Å². The summed E-state index contributed by atoms with van der Waals surface area (Å²) in [7, 11) is 0. The van der Waals surface area contributed by atoms with Gasteiger partial charge in [-0.1, -0.05) is 0 Å². The molecule has 1 aromatic rings. The normalized spacial score (nSPS) is 9.84. The lowest BCUT2D eigenvalue weighted by Crippen LogP contribution is -2.17. The molecule has 0 saturated heterocycles. The first-order valence-corrected chi connectivity index (χ1v) is 5.46. The second-order valence-electron chi connectivity index (χ2n) is 3.58. The van der Waals surface area contributed by atoms with Gasteiger partial charge in [0.15, 0.2) is 5.75 Å². The molecular weight excluding hydrogens is 254 g/mol. The molecule has 7 heteroatoms. The van der Waals surface area contributed by atoms with E-state index in [-0.39, 0.29) is 29.2 Å². The molecule has 19 heavy (non-hydrogen) atoms. The molecule has 0 fully saturated rings. The van der Waals surface area contributed by atoms with Crippen molar-refractivity contribution in [3.63, 3.8) is 0 Å². The van der Waals surface area contributed by atoms with Crippen LogP contribution in [0.3, 0.4) is 0 Å². The van der Waals surface area contributed by atoms with Crippen LogP contribution in [-0.2, 0) is 9.53 Å². The molecule has 0 saturated carbocycles. The number of carboxylic acids is 1. The first kappa shape index (κ1) is 14.6. The van der Waals surface area contributed by atoms with Crippen LogP contribution in [0.25, 0.3) is 0 Å². The van der Waals surface area contributed by atoms with Crippen molar-refractivity contribution < 1.29 is 29.0 Å². The molecule has 1 heterocycles. The van der Waals surface area contributed by atoms with Gasteiger partial charge in [0.2, 0.25) is 0 Å². The van der Waals surface area contributed by atoms with Crippen LogP contribution < -0.4 is 4.74 Å². The van der Waals surface area contributed by atoms with Gasteiger partial charge in [-0.25, -0.2) is 9.59 Å². The number of hydrogen-bond acceptors (Lipinski definition) is 6. The molecule has 0 radical (unpaired) electrons. The second kappa shape index (κ2) is 5.94. The molecule has 0 aromatic carbocycles. The Hall–Kier alpha value is -2.44. The third kappa shape index (κ3) is 3.27. The smallest absolute Gasteiger partial charge is 0.342 e. The number of aromatic carboxylic acids is 1. The third-order valence-electron chi connectivity index (χ3n) is 2.17. The number of esters is 2. The van der Waals surface area contributed by atoms with E-state index in [0.29, 0.717) is 0 Å². The summed E-state index contributed by atoms with van der Waals surface area (Å²) >= 11 is 0. The first-order chi connectivity index (χ1) is 8.88.